The first kappa shape index (κ1) is 8.49. The van der Waals surface area contributed by atoms with Crippen LogP contribution in [-0.4, -0.2) is 18.8 Å². The lowest BCUT2D eigenvalue weighted by Crippen LogP contribution is -2.40. The Bertz CT molecular complexity index is 157. The molecule has 2 aliphatic rings. The SMILES string of the molecule is CC(F)(C1CCNCC1)C1CC1. The highest BCUT2D eigenvalue weighted by Gasteiger charge is 2.47. The first-order valence-corrected chi connectivity index (χ1v) is 5.11. The number of halogens is 1. The van der Waals surface area contributed by atoms with Crippen molar-refractivity contribution in [1.29, 1.82) is 0 Å². The van der Waals surface area contributed by atoms with Crippen LogP contribution in [-0.2, 0) is 0 Å². The maximum Gasteiger partial charge on any atom is 0.114 e. The van der Waals surface area contributed by atoms with Gasteiger partial charge in [-0.2, -0.15) is 0 Å². The quantitative estimate of drug-likeness (QED) is 0.671. The molecule has 12 heavy (non-hydrogen) atoms. The molecule has 0 bridgehead atoms. The molecule has 1 saturated heterocycles. The van der Waals surface area contributed by atoms with Crippen LogP contribution in [0, 0.1) is 11.8 Å². The van der Waals surface area contributed by atoms with Crippen molar-refractivity contribution < 1.29 is 4.39 Å². The van der Waals surface area contributed by atoms with E-state index < -0.39 is 5.67 Å². The molecule has 0 aromatic heterocycles. The molecular weight excluding hydrogens is 153 g/mol. The van der Waals surface area contributed by atoms with Crippen LogP contribution in [0.3, 0.4) is 0 Å². The van der Waals surface area contributed by atoms with Crippen molar-refractivity contribution in [2.75, 3.05) is 13.1 Å². The van der Waals surface area contributed by atoms with Crippen LogP contribution in [0.2, 0.25) is 0 Å². The summed E-state index contributed by atoms with van der Waals surface area (Å²) < 4.78 is 14.1. The van der Waals surface area contributed by atoms with Crippen LogP contribution in [0.25, 0.3) is 0 Å². The molecule has 1 aliphatic heterocycles. The van der Waals surface area contributed by atoms with Gasteiger partial charge in [-0.05, 0) is 57.5 Å². The Hall–Kier alpha value is -0.110. The third-order valence-corrected chi connectivity index (χ3v) is 3.51. The number of hydrogen-bond donors (Lipinski definition) is 1. The summed E-state index contributed by atoms with van der Waals surface area (Å²) in [5.74, 6) is 0.715. The Labute approximate surface area is 73.7 Å². The van der Waals surface area contributed by atoms with Gasteiger partial charge in [0.1, 0.15) is 5.67 Å². The van der Waals surface area contributed by atoms with E-state index in [0.717, 1.165) is 38.8 Å². The van der Waals surface area contributed by atoms with Crippen LogP contribution < -0.4 is 5.32 Å². The standard InChI is InChI=1S/C10H18FN/c1-10(11,8-2-3-8)9-4-6-12-7-5-9/h8-9,12H,2-7H2,1H3. The summed E-state index contributed by atoms with van der Waals surface area (Å²) in [6, 6.07) is 0. The largest absolute Gasteiger partial charge is 0.317 e. The number of nitrogens with one attached hydrogen (secondary N) is 1. The second-order valence-corrected chi connectivity index (χ2v) is 4.45. The van der Waals surface area contributed by atoms with Gasteiger partial charge < -0.3 is 5.32 Å². The van der Waals surface area contributed by atoms with Crippen LogP contribution in [0.15, 0.2) is 0 Å². The van der Waals surface area contributed by atoms with Gasteiger partial charge in [-0.1, -0.05) is 0 Å². The lowest BCUT2D eigenvalue weighted by molar-refractivity contribution is 0.0563. The van der Waals surface area contributed by atoms with Gasteiger partial charge in [-0.15, -0.1) is 0 Å². The smallest absolute Gasteiger partial charge is 0.114 e. The Morgan fingerprint density at radius 3 is 2.08 bits per heavy atom. The first-order valence-electron chi connectivity index (χ1n) is 5.11. The molecule has 0 amide bonds. The minimum Gasteiger partial charge on any atom is -0.317 e. The van der Waals surface area contributed by atoms with Gasteiger partial charge in [0, 0.05) is 0 Å². The molecule has 0 radical (unpaired) electrons. The molecule has 1 unspecified atom stereocenters. The Morgan fingerprint density at radius 1 is 1.08 bits per heavy atom. The first-order chi connectivity index (χ1) is 5.71. The van der Waals surface area contributed by atoms with E-state index in [-0.39, 0.29) is 0 Å². The van der Waals surface area contributed by atoms with E-state index in [1.54, 1.807) is 0 Å². The highest BCUT2D eigenvalue weighted by Crippen LogP contribution is 2.48. The number of piperidine rings is 1. The van der Waals surface area contributed by atoms with Gasteiger partial charge in [-0.25, -0.2) is 4.39 Å². The van der Waals surface area contributed by atoms with Crippen molar-refractivity contribution in [2.24, 2.45) is 11.8 Å². The molecular formula is C10H18FN. The third-order valence-electron chi connectivity index (χ3n) is 3.51. The molecule has 1 saturated carbocycles. The van der Waals surface area contributed by atoms with Gasteiger partial charge in [-0.3, -0.25) is 0 Å². The zero-order valence-electron chi connectivity index (χ0n) is 7.78. The average Bonchev–Trinajstić information content (AvgIpc) is 2.88. The lowest BCUT2D eigenvalue weighted by atomic mass is 9.80. The molecule has 1 N–H and O–H groups in total. The molecule has 0 aromatic carbocycles. The second kappa shape index (κ2) is 2.99. The summed E-state index contributed by atoms with van der Waals surface area (Å²) >= 11 is 0. The summed E-state index contributed by atoms with van der Waals surface area (Å²) in [5.41, 5.74) is -0.859. The zero-order valence-corrected chi connectivity index (χ0v) is 7.78. The summed E-state index contributed by atoms with van der Waals surface area (Å²) in [5, 5.41) is 3.28. The lowest BCUT2D eigenvalue weighted by Gasteiger charge is -2.33. The highest BCUT2D eigenvalue weighted by atomic mass is 19.1. The van der Waals surface area contributed by atoms with E-state index in [2.05, 4.69) is 5.32 Å². The Balaban J connectivity index is 1.95. The van der Waals surface area contributed by atoms with Crippen LogP contribution in [0.4, 0.5) is 4.39 Å². The zero-order chi connectivity index (χ0) is 8.60. The van der Waals surface area contributed by atoms with E-state index >= 15 is 0 Å². The van der Waals surface area contributed by atoms with Crippen molar-refractivity contribution in [3.8, 4) is 0 Å². The normalized spacial score (nSPS) is 31.5. The van der Waals surface area contributed by atoms with Crippen molar-refractivity contribution in [1.82, 2.24) is 5.32 Å². The van der Waals surface area contributed by atoms with Crippen LogP contribution in [0.1, 0.15) is 32.6 Å². The molecule has 2 rings (SSSR count). The number of rotatable bonds is 2. The molecule has 0 aromatic rings. The minimum atomic E-state index is -0.859. The maximum absolute atomic E-state index is 14.1. The van der Waals surface area contributed by atoms with Gasteiger partial charge in [0.25, 0.3) is 0 Å². The Kier molecular flexibility index (Phi) is 2.11. The van der Waals surface area contributed by atoms with Gasteiger partial charge in [0.05, 0.1) is 0 Å². The van der Waals surface area contributed by atoms with Crippen LogP contribution in [0.5, 0.6) is 0 Å². The minimum absolute atomic E-state index is 0.325. The Morgan fingerprint density at radius 2 is 1.58 bits per heavy atom. The molecule has 0 spiro atoms. The molecule has 2 heteroatoms. The van der Waals surface area contributed by atoms with E-state index in [0.29, 0.717) is 11.8 Å². The summed E-state index contributed by atoms with van der Waals surface area (Å²) in [6.45, 7) is 3.84. The number of alkyl halides is 1. The maximum atomic E-state index is 14.1. The van der Waals surface area contributed by atoms with Crippen LogP contribution >= 0.6 is 0 Å². The predicted octanol–water partition coefficient (Wildman–Crippen LogP) is 2.12. The molecule has 1 aliphatic carbocycles. The summed E-state index contributed by atoms with van der Waals surface area (Å²) in [6.07, 6.45) is 4.31. The fourth-order valence-electron chi connectivity index (χ4n) is 2.37. The molecule has 1 atom stereocenters. The van der Waals surface area contributed by atoms with Crippen molar-refractivity contribution in [3.05, 3.63) is 0 Å². The van der Waals surface area contributed by atoms with Gasteiger partial charge >= 0.3 is 0 Å². The predicted molar refractivity (Wildman–Crippen MR) is 47.8 cm³/mol. The number of hydrogen-bond acceptors (Lipinski definition) is 1. The van der Waals surface area contributed by atoms with Gasteiger partial charge in [0.15, 0.2) is 0 Å². The van der Waals surface area contributed by atoms with E-state index in [9.17, 15) is 4.39 Å². The summed E-state index contributed by atoms with van der Waals surface area (Å²) in [4.78, 5) is 0. The molecule has 1 heterocycles. The van der Waals surface area contributed by atoms with Crippen molar-refractivity contribution >= 4 is 0 Å². The molecule has 70 valence electrons. The van der Waals surface area contributed by atoms with Crippen molar-refractivity contribution in [3.63, 3.8) is 0 Å². The van der Waals surface area contributed by atoms with E-state index in [1.165, 1.54) is 0 Å². The van der Waals surface area contributed by atoms with E-state index in [1.807, 2.05) is 6.92 Å². The average molecular weight is 171 g/mol. The monoisotopic (exact) mass is 171 g/mol. The topological polar surface area (TPSA) is 12.0 Å². The second-order valence-electron chi connectivity index (χ2n) is 4.45. The molecule has 1 nitrogen and oxygen atoms in total. The fourth-order valence-corrected chi connectivity index (χ4v) is 2.37. The van der Waals surface area contributed by atoms with Gasteiger partial charge in [0.2, 0.25) is 0 Å². The van der Waals surface area contributed by atoms with Crippen molar-refractivity contribution in [2.45, 2.75) is 38.3 Å². The third kappa shape index (κ3) is 1.49. The molecule has 2 fully saturated rings. The fraction of sp³-hybridized carbons (Fsp3) is 1.00. The highest BCUT2D eigenvalue weighted by molar-refractivity contribution is 4.97. The van der Waals surface area contributed by atoms with E-state index in [4.69, 9.17) is 0 Å². The summed E-state index contributed by atoms with van der Waals surface area (Å²) in [7, 11) is 0.